The Morgan fingerprint density at radius 2 is 1.26 bits per heavy atom. The molecule has 31 heavy (non-hydrogen) atoms. The molecular formula is C24H25F2NO4. The van der Waals surface area contributed by atoms with E-state index in [0.29, 0.717) is 33.9 Å². The van der Waals surface area contributed by atoms with Crippen LogP contribution in [0.25, 0.3) is 22.3 Å². The zero-order valence-corrected chi connectivity index (χ0v) is 18.3. The summed E-state index contributed by atoms with van der Waals surface area (Å²) in [5.74, 6) is -0.552. The molecule has 1 heterocycles. The smallest absolute Gasteiger partial charge is 0.137 e. The lowest BCUT2D eigenvalue weighted by Gasteiger charge is -2.26. The van der Waals surface area contributed by atoms with Crippen molar-refractivity contribution in [3.8, 4) is 39.5 Å². The molecule has 0 aliphatic rings. The highest BCUT2D eigenvalue weighted by atomic mass is 19.1. The Hall–Kier alpha value is -3.19. The van der Waals surface area contributed by atoms with Crippen molar-refractivity contribution < 1.29 is 28.1 Å². The van der Waals surface area contributed by atoms with Crippen LogP contribution in [0.1, 0.15) is 25.1 Å². The van der Waals surface area contributed by atoms with Gasteiger partial charge >= 0.3 is 0 Å². The van der Waals surface area contributed by atoms with Crippen LogP contribution in [0.3, 0.4) is 0 Å². The normalized spacial score (nSPS) is 11.4. The second-order valence-electron chi connectivity index (χ2n) is 7.63. The number of hydrogen-bond donors (Lipinski definition) is 1. The van der Waals surface area contributed by atoms with E-state index in [2.05, 4.69) is 4.98 Å². The van der Waals surface area contributed by atoms with Gasteiger partial charge in [-0.3, -0.25) is 4.98 Å². The van der Waals surface area contributed by atoms with Crippen molar-refractivity contribution in [1.82, 2.24) is 4.98 Å². The van der Waals surface area contributed by atoms with E-state index >= 15 is 8.78 Å². The second-order valence-corrected chi connectivity index (χ2v) is 7.63. The molecular weight excluding hydrogens is 404 g/mol. The van der Waals surface area contributed by atoms with Crippen LogP contribution in [0.15, 0.2) is 36.5 Å². The van der Waals surface area contributed by atoms with Crippen LogP contribution in [0.4, 0.5) is 8.78 Å². The van der Waals surface area contributed by atoms with Gasteiger partial charge in [0, 0.05) is 41.2 Å². The first kappa shape index (κ1) is 22.5. The summed E-state index contributed by atoms with van der Waals surface area (Å²) in [6.07, 6.45) is 1.51. The number of benzene rings is 2. The molecule has 0 unspecified atom stereocenters. The van der Waals surface area contributed by atoms with Gasteiger partial charge in [-0.25, -0.2) is 8.78 Å². The maximum absolute atomic E-state index is 15.1. The Bertz CT molecular complexity index is 1080. The maximum atomic E-state index is 15.1. The van der Waals surface area contributed by atoms with Crippen molar-refractivity contribution in [2.45, 2.75) is 26.4 Å². The second kappa shape index (κ2) is 8.51. The molecule has 3 aromatic rings. The largest absolute Gasteiger partial charge is 0.497 e. The Morgan fingerprint density at radius 1 is 0.774 bits per heavy atom. The predicted octanol–water partition coefficient (Wildman–Crippen LogP) is 5.26. The van der Waals surface area contributed by atoms with Gasteiger partial charge in [-0.15, -0.1) is 0 Å². The number of hydrogen-bond acceptors (Lipinski definition) is 5. The summed E-state index contributed by atoms with van der Waals surface area (Å²) in [4.78, 5) is 4.33. The van der Waals surface area contributed by atoms with Crippen LogP contribution in [-0.4, -0.2) is 31.4 Å². The lowest BCUT2D eigenvalue weighted by Crippen LogP contribution is -2.18. The minimum atomic E-state index is -1.35. The number of aromatic nitrogens is 1. The molecule has 7 heteroatoms. The first-order chi connectivity index (χ1) is 14.6. The fourth-order valence-corrected chi connectivity index (χ4v) is 3.53. The number of halogens is 2. The third-order valence-corrected chi connectivity index (χ3v) is 5.07. The fraction of sp³-hybridized carbons (Fsp3) is 0.292. The number of methoxy groups -OCH3 is 3. The Kier molecular flexibility index (Phi) is 6.18. The van der Waals surface area contributed by atoms with E-state index in [0.717, 1.165) is 12.1 Å². The fourth-order valence-electron chi connectivity index (χ4n) is 3.53. The molecule has 0 saturated carbocycles. The van der Waals surface area contributed by atoms with Gasteiger partial charge in [-0.1, -0.05) is 0 Å². The number of pyridine rings is 1. The highest BCUT2D eigenvalue weighted by molar-refractivity contribution is 5.89. The summed E-state index contributed by atoms with van der Waals surface area (Å²) in [7, 11) is 4.36. The molecule has 0 fully saturated rings. The lowest BCUT2D eigenvalue weighted by atomic mass is 9.84. The summed E-state index contributed by atoms with van der Waals surface area (Å²) in [6.45, 7) is 4.84. The van der Waals surface area contributed by atoms with Gasteiger partial charge in [0.25, 0.3) is 0 Å². The van der Waals surface area contributed by atoms with Gasteiger partial charge in [-0.2, -0.15) is 0 Å². The molecule has 0 saturated heterocycles. The van der Waals surface area contributed by atoms with E-state index in [4.69, 9.17) is 14.2 Å². The Balaban J connectivity index is 2.48. The first-order valence-corrected chi connectivity index (χ1v) is 9.60. The lowest BCUT2D eigenvalue weighted by molar-refractivity contribution is 0.0788. The van der Waals surface area contributed by atoms with Crippen LogP contribution < -0.4 is 14.2 Å². The van der Waals surface area contributed by atoms with Gasteiger partial charge < -0.3 is 19.3 Å². The molecule has 0 bridgehead atoms. The minimum absolute atomic E-state index is 0.0626. The highest BCUT2D eigenvalue weighted by Crippen LogP contribution is 2.44. The molecule has 3 rings (SSSR count). The predicted molar refractivity (Wildman–Crippen MR) is 115 cm³/mol. The van der Waals surface area contributed by atoms with Crippen LogP contribution in [-0.2, 0) is 5.60 Å². The van der Waals surface area contributed by atoms with E-state index in [1.807, 2.05) is 0 Å². The first-order valence-electron chi connectivity index (χ1n) is 9.60. The van der Waals surface area contributed by atoms with E-state index in [1.54, 1.807) is 39.0 Å². The molecule has 0 atom stereocenters. The van der Waals surface area contributed by atoms with Crippen molar-refractivity contribution in [2.24, 2.45) is 0 Å². The van der Waals surface area contributed by atoms with Crippen molar-refractivity contribution in [3.05, 3.63) is 59.4 Å². The molecule has 5 nitrogen and oxygen atoms in total. The zero-order valence-electron chi connectivity index (χ0n) is 18.3. The van der Waals surface area contributed by atoms with Crippen LogP contribution in [0.2, 0.25) is 0 Å². The number of ether oxygens (including phenoxy) is 3. The van der Waals surface area contributed by atoms with Crippen molar-refractivity contribution in [2.75, 3.05) is 21.3 Å². The average Bonchev–Trinajstić information content (AvgIpc) is 2.72. The Labute approximate surface area is 180 Å². The van der Waals surface area contributed by atoms with Gasteiger partial charge in [0.05, 0.1) is 32.5 Å². The number of nitrogens with zero attached hydrogens (tertiary/aromatic N) is 1. The standard InChI is InChI=1S/C24H25F2NO4/c1-13-21(23-19(25)10-17(31-6)11-20(23)26)22(18(12-27-13)24(2,3)28)14-7-15(29-4)9-16(8-14)30-5/h7-12,28H,1-6H3. The van der Waals surface area contributed by atoms with E-state index < -0.39 is 17.2 Å². The molecule has 0 spiro atoms. The van der Waals surface area contributed by atoms with Crippen LogP contribution in [0, 0.1) is 18.6 Å². The van der Waals surface area contributed by atoms with E-state index in [9.17, 15) is 5.11 Å². The van der Waals surface area contributed by atoms with Gasteiger partial charge in [0.2, 0.25) is 0 Å². The molecule has 164 valence electrons. The molecule has 0 amide bonds. The van der Waals surface area contributed by atoms with Crippen LogP contribution in [0.5, 0.6) is 17.2 Å². The maximum Gasteiger partial charge on any atom is 0.137 e. The monoisotopic (exact) mass is 429 g/mol. The number of aryl methyl sites for hydroxylation is 1. The van der Waals surface area contributed by atoms with Crippen molar-refractivity contribution in [3.63, 3.8) is 0 Å². The topological polar surface area (TPSA) is 60.8 Å². The molecule has 1 aromatic heterocycles. The summed E-state index contributed by atoms with van der Waals surface area (Å²) >= 11 is 0. The van der Waals surface area contributed by atoms with Gasteiger partial charge in [-0.05, 0) is 44.0 Å². The minimum Gasteiger partial charge on any atom is -0.497 e. The molecule has 0 aliphatic carbocycles. The number of rotatable bonds is 6. The third kappa shape index (κ3) is 4.32. The van der Waals surface area contributed by atoms with Crippen molar-refractivity contribution >= 4 is 0 Å². The van der Waals surface area contributed by atoms with Crippen molar-refractivity contribution in [1.29, 1.82) is 0 Å². The summed E-state index contributed by atoms with van der Waals surface area (Å²) in [5, 5.41) is 10.9. The quantitative estimate of drug-likeness (QED) is 0.580. The van der Waals surface area contributed by atoms with Gasteiger partial charge in [0.1, 0.15) is 28.9 Å². The van der Waals surface area contributed by atoms with E-state index in [1.165, 1.54) is 27.5 Å². The SMILES string of the molecule is COc1cc(OC)cc(-c2c(C(C)(C)O)cnc(C)c2-c2c(F)cc(OC)cc2F)c1. The summed E-state index contributed by atoms with van der Waals surface area (Å²) in [6, 6.07) is 7.36. The molecule has 0 aliphatic heterocycles. The van der Waals surface area contributed by atoms with Gasteiger partial charge in [0.15, 0.2) is 0 Å². The Morgan fingerprint density at radius 3 is 1.71 bits per heavy atom. The summed E-state index contributed by atoms with van der Waals surface area (Å²) in [5.41, 5.74) is 0.413. The van der Waals surface area contributed by atoms with Crippen LogP contribution >= 0.6 is 0 Å². The highest BCUT2D eigenvalue weighted by Gasteiger charge is 2.29. The average molecular weight is 429 g/mol. The summed E-state index contributed by atoms with van der Waals surface area (Å²) < 4.78 is 46.0. The third-order valence-electron chi connectivity index (χ3n) is 5.07. The molecule has 0 radical (unpaired) electrons. The van der Waals surface area contributed by atoms with E-state index in [-0.39, 0.29) is 16.9 Å². The number of aliphatic hydroxyl groups is 1. The molecule has 1 N–H and O–H groups in total. The zero-order chi connectivity index (χ0) is 22.9. The molecule has 2 aromatic carbocycles.